The van der Waals surface area contributed by atoms with Crippen molar-refractivity contribution in [3.63, 3.8) is 0 Å². The van der Waals surface area contributed by atoms with E-state index in [-0.39, 0.29) is 36.7 Å². The topological polar surface area (TPSA) is 156 Å². The molecule has 12 nitrogen and oxygen atoms in total. The van der Waals surface area contributed by atoms with Gasteiger partial charge < -0.3 is 19.4 Å². The molecular weight excluding hydrogens is 492 g/mol. The summed E-state index contributed by atoms with van der Waals surface area (Å²) in [4.78, 5) is 56.5. The molecule has 2 aliphatic heterocycles. The van der Waals surface area contributed by atoms with Crippen molar-refractivity contribution in [2.24, 2.45) is 5.92 Å². The Balaban J connectivity index is 1.51. The Morgan fingerprint density at radius 3 is 2.67 bits per heavy atom. The van der Waals surface area contributed by atoms with Crippen LogP contribution < -0.4 is 10.1 Å². The molecule has 2 aromatic heterocycles. The van der Waals surface area contributed by atoms with Crippen LogP contribution in [0.4, 0.5) is 4.79 Å². The molecule has 13 heteroatoms. The average Bonchev–Trinajstić information content (AvgIpc) is 3.57. The van der Waals surface area contributed by atoms with Gasteiger partial charge in [-0.25, -0.2) is 13.2 Å². The van der Waals surface area contributed by atoms with E-state index >= 15 is 0 Å². The standard InChI is InChI=1S/C23H26N4O8S/c1-14(2)11-17(25-23(31)35-15-7-10-34-13-15)21(29)26-9-6-18-20(26)19(28)12-27(18)36(32,33)22(30)16-5-3-4-8-24-16/h3-5,7-8,10,13-14,17-18,20H,6,9,11-12H2,1-2H3,(H,25,31). The number of amides is 2. The lowest BCUT2D eigenvalue weighted by molar-refractivity contribution is -0.138. The molecule has 3 atom stereocenters. The highest BCUT2D eigenvalue weighted by Crippen LogP contribution is 2.33. The maximum Gasteiger partial charge on any atom is 0.413 e. The van der Waals surface area contributed by atoms with Gasteiger partial charge in [-0.3, -0.25) is 19.4 Å². The Kier molecular flexibility index (Phi) is 7.22. The smallest absolute Gasteiger partial charge is 0.413 e. The summed E-state index contributed by atoms with van der Waals surface area (Å²) in [6, 6.07) is 2.82. The minimum Gasteiger partial charge on any atom is -0.469 e. The minimum absolute atomic E-state index is 0.0127. The molecule has 4 rings (SSSR count). The monoisotopic (exact) mass is 518 g/mol. The van der Waals surface area contributed by atoms with E-state index in [1.807, 2.05) is 13.8 Å². The Hall–Kier alpha value is -3.58. The van der Waals surface area contributed by atoms with Crippen LogP contribution in [-0.2, 0) is 19.6 Å². The highest BCUT2D eigenvalue weighted by Gasteiger charge is 2.55. The zero-order chi connectivity index (χ0) is 26.0. The van der Waals surface area contributed by atoms with Crippen LogP contribution in [0, 0.1) is 5.92 Å². The summed E-state index contributed by atoms with van der Waals surface area (Å²) in [6.45, 7) is 3.31. The first-order valence-corrected chi connectivity index (χ1v) is 12.8. The Morgan fingerprint density at radius 2 is 2.03 bits per heavy atom. The minimum atomic E-state index is -4.54. The van der Waals surface area contributed by atoms with Gasteiger partial charge in [-0.15, -0.1) is 0 Å². The van der Waals surface area contributed by atoms with Crippen molar-refractivity contribution in [3.8, 4) is 5.75 Å². The fourth-order valence-corrected chi connectivity index (χ4v) is 6.02. The second kappa shape index (κ2) is 10.2. The summed E-state index contributed by atoms with van der Waals surface area (Å²) in [7, 11) is -4.54. The van der Waals surface area contributed by atoms with Crippen LogP contribution in [-0.4, -0.2) is 76.7 Å². The van der Waals surface area contributed by atoms with E-state index < -0.39 is 57.6 Å². The maximum atomic E-state index is 13.5. The zero-order valence-corrected chi connectivity index (χ0v) is 20.5. The number of nitrogens with one attached hydrogen (secondary N) is 1. The van der Waals surface area contributed by atoms with Gasteiger partial charge >= 0.3 is 11.2 Å². The number of carbonyl (C=O) groups excluding carboxylic acids is 4. The van der Waals surface area contributed by atoms with E-state index in [2.05, 4.69) is 10.3 Å². The molecule has 1 N–H and O–H groups in total. The summed E-state index contributed by atoms with van der Waals surface area (Å²) >= 11 is 0. The fraction of sp³-hybridized carbons (Fsp3) is 0.435. The van der Waals surface area contributed by atoms with Gasteiger partial charge in [-0.05, 0) is 30.9 Å². The van der Waals surface area contributed by atoms with Crippen LogP contribution in [0.2, 0.25) is 0 Å². The molecule has 4 heterocycles. The van der Waals surface area contributed by atoms with Gasteiger partial charge in [0.15, 0.2) is 11.5 Å². The molecular formula is C23H26N4O8S. The molecule has 0 saturated carbocycles. The predicted octanol–water partition coefficient (Wildman–Crippen LogP) is 1.20. The lowest BCUT2D eigenvalue weighted by Gasteiger charge is -2.28. The van der Waals surface area contributed by atoms with Crippen molar-refractivity contribution in [1.29, 1.82) is 0 Å². The SMILES string of the molecule is CC(C)CC(NC(=O)Oc1ccoc1)C(=O)N1CCC2C1C(=O)CN2S(=O)(=O)C(=O)c1ccccn1. The molecule has 0 bridgehead atoms. The second-order valence-corrected chi connectivity index (χ2v) is 10.8. The number of ether oxygens (including phenoxy) is 1. The van der Waals surface area contributed by atoms with Crippen molar-refractivity contribution in [1.82, 2.24) is 19.5 Å². The van der Waals surface area contributed by atoms with E-state index in [1.54, 1.807) is 6.07 Å². The number of rotatable bonds is 7. The first kappa shape index (κ1) is 25.5. The number of carbonyl (C=O) groups is 4. The van der Waals surface area contributed by atoms with Gasteiger partial charge in [0.25, 0.3) is 10.0 Å². The van der Waals surface area contributed by atoms with Gasteiger partial charge in [-0.2, -0.15) is 4.31 Å². The van der Waals surface area contributed by atoms with Gasteiger partial charge in [0, 0.05) is 18.8 Å². The second-order valence-electron chi connectivity index (χ2n) is 9.03. The van der Waals surface area contributed by atoms with Gasteiger partial charge in [-0.1, -0.05) is 19.9 Å². The average molecular weight is 519 g/mol. The Labute approximate surface area is 207 Å². The highest BCUT2D eigenvalue weighted by atomic mass is 32.2. The van der Waals surface area contributed by atoms with E-state index in [0.717, 1.165) is 4.31 Å². The number of fused-ring (bicyclic) bond motifs is 1. The van der Waals surface area contributed by atoms with Crippen molar-refractivity contribution in [2.45, 2.75) is 44.8 Å². The quantitative estimate of drug-likeness (QED) is 0.569. The van der Waals surface area contributed by atoms with E-state index in [0.29, 0.717) is 0 Å². The number of pyridine rings is 1. The van der Waals surface area contributed by atoms with E-state index in [9.17, 15) is 27.6 Å². The first-order valence-electron chi connectivity index (χ1n) is 11.4. The summed E-state index contributed by atoms with van der Waals surface area (Å²) < 4.78 is 37.0. The molecule has 3 unspecified atom stereocenters. The third kappa shape index (κ3) is 5.02. The van der Waals surface area contributed by atoms with Crippen molar-refractivity contribution < 1.29 is 36.7 Å². The number of aromatic nitrogens is 1. The number of hydrogen-bond donors (Lipinski definition) is 1. The molecule has 2 aliphatic rings. The number of likely N-dealkylation sites (tertiary alicyclic amines) is 1. The van der Waals surface area contributed by atoms with Crippen molar-refractivity contribution in [3.05, 3.63) is 48.7 Å². The molecule has 0 aliphatic carbocycles. The predicted molar refractivity (Wildman–Crippen MR) is 124 cm³/mol. The summed E-state index contributed by atoms with van der Waals surface area (Å²) in [5, 5.41) is 1.33. The molecule has 2 fully saturated rings. The molecule has 0 spiro atoms. The van der Waals surface area contributed by atoms with Gasteiger partial charge in [0.05, 0.1) is 18.8 Å². The third-order valence-corrected chi connectivity index (χ3v) is 7.78. The molecule has 192 valence electrons. The van der Waals surface area contributed by atoms with Crippen LogP contribution in [0.3, 0.4) is 0 Å². The number of furan rings is 1. The Morgan fingerprint density at radius 1 is 1.25 bits per heavy atom. The molecule has 0 aromatic carbocycles. The van der Waals surface area contributed by atoms with Crippen LogP contribution in [0.25, 0.3) is 0 Å². The van der Waals surface area contributed by atoms with Gasteiger partial charge in [0.1, 0.15) is 24.0 Å². The largest absolute Gasteiger partial charge is 0.469 e. The lowest BCUT2D eigenvalue weighted by atomic mass is 10.0. The van der Waals surface area contributed by atoms with E-state index in [1.165, 1.54) is 41.8 Å². The van der Waals surface area contributed by atoms with E-state index in [4.69, 9.17) is 9.15 Å². The summed E-state index contributed by atoms with van der Waals surface area (Å²) in [6.07, 6.45) is 3.42. The van der Waals surface area contributed by atoms with Crippen LogP contribution in [0.15, 0.2) is 47.4 Å². The van der Waals surface area contributed by atoms with Gasteiger partial charge in [0.2, 0.25) is 5.91 Å². The molecule has 2 amide bonds. The van der Waals surface area contributed by atoms with Crippen LogP contribution >= 0.6 is 0 Å². The highest BCUT2D eigenvalue weighted by molar-refractivity contribution is 8.04. The first-order chi connectivity index (χ1) is 17.1. The summed E-state index contributed by atoms with van der Waals surface area (Å²) in [5.41, 5.74) is -0.253. The summed E-state index contributed by atoms with van der Waals surface area (Å²) in [5.74, 6) is -0.843. The number of ketones is 1. The molecule has 36 heavy (non-hydrogen) atoms. The van der Waals surface area contributed by atoms with Crippen LogP contribution in [0.1, 0.15) is 37.2 Å². The Bertz CT molecular complexity index is 1250. The fourth-order valence-electron chi connectivity index (χ4n) is 4.54. The van der Waals surface area contributed by atoms with Crippen molar-refractivity contribution in [2.75, 3.05) is 13.1 Å². The molecule has 2 aromatic rings. The normalized spacial score (nSPS) is 20.9. The zero-order valence-electron chi connectivity index (χ0n) is 19.7. The third-order valence-electron chi connectivity index (χ3n) is 6.08. The number of hydrogen-bond acceptors (Lipinski definition) is 9. The number of Topliss-reactive ketones (excluding diaryl/α,β-unsaturated/α-hetero) is 1. The molecule has 2 saturated heterocycles. The van der Waals surface area contributed by atoms with Crippen LogP contribution in [0.5, 0.6) is 5.75 Å². The number of sulfonamides is 1. The lowest BCUT2D eigenvalue weighted by Crippen LogP contribution is -2.53. The maximum absolute atomic E-state index is 13.5. The molecule has 0 radical (unpaired) electrons. The number of nitrogens with zero attached hydrogens (tertiary/aromatic N) is 3. The van der Waals surface area contributed by atoms with Crippen molar-refractivity contribution >= 4 is 32.9 Å².